The number of aliphatic hydroxyl groups excluding tert-OH is 2. The average molecular weight is 636 g/mol. The van der Waals surface area contributed by atoms with E-state index in [1.54, 1.807) is 0 Å². The van der Waals surface area contributed by atoms with Crippen molar-refractivity contribution in [3.8, 4) is 0 Å². The van der Waals surface area contributed by atoms with Crippen LogP contribution in [0.3, 0.4) is 0 Å². The Labute approximate surface area is 281 Å². The molecule has 4 aliphatic rings. The van der Waals surface area contributed by atoms with Crippen molar-refractivity contribution in [1.82, 2.24) is 10.6 Å². The minimum absolute atomic E-state index is 0. The zero-order valence-electron chi connectivity index (χ0n) is 30.4. The van der Waals surface area contributed by atoms with Gasteiger partial charge in [0.2, 0.25) is 0 Å². The van der Waals surface area contributed by atoms with Gasteiger partial charge >= 0.3 is 0 Å². The Morgan fingerprint density at radius 2 is 1.40 bits per heavy atom. The quantitative estimate of drug-likeness (QED) is 0.110. The van der Waals surface area contributed by atoms with Crippen LogP contribution in [-0.2, 0) is 0 Å². The van der Waals surface area contributed by atoms with Crippen LogP contribution in [0.1, 0.15) is 152 Å². The first kappa shape index (κ1) is 41.0. The Morgan fingerprint density at radius 3 is 2.02 bits per heavy atom. The van der Waals surface area contributed by atoms with E-state index in [1.165, 1.54) is 83.7 Å². The minimum Gasteiger partial charge on any atom is -0.393 e. The van der Waals surface area contributed by atoms with Crippen molar-refractivity contribution < 1.29 is 10.2 Å². The van der Waals surface area contributed by atoms with Crippen LogP contribution in [0, 0.1) is 58.2 Å². The maximum absolute atomic E-state index is 11.4. The van der Waals surface area contributed by atoms with Gasteiger partial charge in [-0.25, -0.2) is 0 Å². The Balaban J connectivity index is 0.000000402. The molecule has 4 fully saturated rings. The molecule has 0 aromatic rings. The van der Waals surface area contributed by atoms with Gasteiger partial charge in [0.15, 0.2) is 0 Å². The van der Waals surface area contributed by atoms with E-state index in [9.17, 15) is 10.2 Å². The third-order valence-corrected chi connectivity index (χ3v) is 13.6. The molecule has 5 heteroatoms. The van der Waals surface area contributed by atoms with Crippen LogP contribution in [-0.4, -0.2) is 55.1 Å². The van der Waals surface area contributed by atoms with Gasteiger partial charge in [0.25, 0.3) is 0 Å². The molecule has 4 saturated carbocycles. The van der Waals surface area contributed by atoms with Crippen LogP contribution in [0.25, 0.3) is 0 Å². The largest absolute Gasteiger partial charge is 0.393 e. The lowest BCUT2D eigenvalue weighted by atomic mass is 9.43. The molecule has 0 aromatic carbocycles. The molecule has 0 bridgehead atoms. The third-order valence-electron chi connectivity index (χ3n) is 13.6. The highest BCUT2D eigenvalue weighted by Crippen LogP contribution is 2.68. The molecule has 0 saturated heterocycles. The van der Waals surface area contributed by atoms with Gasteiger partial charge in [0.05, 0.1) is 12.2 Å². The number of unbranched alkanes of at least 4 members (excludes halogenated alkanes) is 2. The summed E-state index contributed by atoms with van der Waals surface area (Å²) < 4.78 is 0. The van der Waals surface area contributed by atoms with E-state index in [-0.39, 0.29) is 19.6 Å². The second kappa shape index (κ2) is 19.7. The molecule has 5 nitrogen and oxygen atoms in total. The van der Waals surface area contributed by atoms with Crippen molar-refractivity contribution in [2.24, 2.45) is 63.9 Å². The van der Waals surface area contributed by atoms with Crippen molar-refractivity contribution in [1.29, 1.82) is 0 Å². The van der Waals surface area contributed by atoms with Crippen LogP contribution in [0.15, 0.2) is 0 Å². The van der Waals surface area contributed by atoms with E-state index in [2.05, 4.69) is 59.1 Å². The first-order valence-electron chi connectivity index (χ1n) is 19.5. The van der Waals surface area contributed by atoms with E-state index in [0.717, 1.165) is 69.0 Å². The Kier molecular flexibility index (Phi) is 17.9. The SMILES string of the molecule is C.CC1CCC2(C)C3CCC4(C)C(C(C)CCC(O)C(C)C)CCC4C3[C@H](O)C[C@H]2C1.CCCCNCCCCNCCCN. The van der Waals surface area contributed by atoms with Gasteiger partial charge in [-0.3, -0.25) is 0 Å². The molecule has 0 amide bonds. The molecule has 0 aliphatic heterocycles. The molecule has 4 rings (SSSR count). The molecule has 4 aliphatic carbocycles. The maximum atomic E-state index is 11.4. The van der Waals surface area contributed by atoms with E-state index in [0.29, 0.717) is 34.5 Å². The van der Waals surface area contributed by atoms with Crippen molar-refractivity contribution in [3.05, 3.63) is 0 Å². The minimum atomic E-state index is -0.154. The number of aliphatic hydroxyl groups is 2. The summed E-state index contributed by atoms with van der Waals surface area (Å²) in [5, 5.41) is 28.6. The van der Waals surface area contributed by atoms with E-state index >= 15 is 0 Å². The zero-order valence-corrected chi connectivity index (χ0v) is 30.4. The summed E-state index contributed by atoms with van der Waals surface area (Å²) in [6.45, 7) is 21.9. The Morgan fingerprint density at radius 1 is 0.800 bits per heavy atom. The predicted molar refractivity (Wildman–Crippen MR) is 195 cm³/mol. The molecule has 6 N–H and O–H groups in total. The van der Waals surface area contributed by atoms with Gasteiger partial charge in [-0.15, -0.1) is 0 Å². The summed E-state index contributed by atoms with van der Waals surface area (Å²) in [6, 6.07) is 0. The molecule has 45 heavy (non-hydrogen) atoms. The third kappa shape index (κ3) is 10.6. The van der Waals surface area contributed by atoms with Gasteiger partial charge < -0.3 is 26.6 Å². The Hall–Kier alpha value is -0.200. The molecule has 0 spiro atoms. The van der Waals surface area contributed by atoms with E-state index < -0.39 is 0 Å². The number of rotatable bonds is 16. The summed E-state index contributed by atoms with van der Waals surface area (Å²) >= 11 is 0. The maximum Gasteiger partial charge on any atom is 0.0577 e. The van der Waals surface area contributed by atoms with Crippen LogP contribution >= 0.6 is 0 Å². The molecular formula is C40H81N3O2. The standard InChI is InChI=1S/C28H50O2.C11H27N3.CH4/c1-17(2)24(29)10-7-19(4)21-8-9-22-26-23(12-14-28(21,22)6)27(5)13-11-18(3)15-20(27)16-25(26)30;1-2-3-8-13-9-4-5-10-14-11-6-7-12;/h17-26,29-30H,7-16H2,1-6H3;13-14H,2-12H2,1H3;1H4/t18?,19?,20-,21?,22?,23?,24?,25-,26?,27?,28?;;/m1../s1. The van der Waals surface area contributed by atoms with Crippen LogP contribution in [0.5, 0.6) is 0 Å². The second-order valence-electron chi connectivity index (χ2n) is 17.0. The normalized spacial score (nSPS) is 37.0. The molecule has 9 unspecified atom stereocenters. The number of nitrogens with two attached hydrogens (primary N) is 1. The van der Waals surface area contributed by atoms with Gasteiger partial charge in [-0.1, -0.05) is 68.7 Å². The topological polar surface area (TPSA) is 90.5 Å². The van der Waals surface area contributed by atoms with Gasteiger partial charge in [-0.2, -0.15) is 0 Å². The summed E-state index contributed by atoms with van der Waals surface area (Å²) in [5.41, 5.74) is 6.26. The first-order chi connectivity index (χ1) is 21.0. The fraction of sp³-hybridized carbons (Fsp3) is 1.00. The molecule has 0 aromatic heterocycles. The fourth-order valence-corrected chi connectivity index (χ4v) is 10.7. The van der Waals surface area contributed by atoms with Crippen LogP contribution in [0.2, 0.25) is 0 Å². The van der Waals surface area contributed by atoms with Gasteiger partial charge in [-0.05, 0) is 174 Å². The highest BCUT2D eigenvalue weighted by molar-refractivity contribution is 5.11. The van der Waals surface area contributed by atoms with Gasteiger partial charge in [0.1, 0.15) is 0 Å². The highest BCUT2D eigenvalue weighted by atomic mass is 16.3. The zero-order chi connectivity index (χ0) is 32.3. The lowest BCUT2D eigenvalue weighted by molar-refractivity contribution is -0.168. The fourth-order valence-electron chi connectivity index (χ4n) is 10.7. The molecule has 268 valence electrons. The number of hydrogen-bond donors (Lipinski definition) is 5. The summed E-state index contributed by atoms with van der Waals surface area (Å²) in [5.74, 6) is 5.41. The first-order valence-corrected chi connectivity index (χ1v) is 19.5. The summed E-state index contributed by atoms with van der Waals surface area (Å²) in [6.07, 6.45) is 18.7. The monoisotopic (exact) mass is 636 g/mol. The number of hydrogen-bond acceptors (Lipinski definition) is 5. The summed E-state index contributed by atoms with van der Waals surface area (Å²) in [7, 11) is 0. The van der Waals surface area contributed by atoms with Crippen LogP contribution in [0.4, 0.5) is 0 Å². The lowest BCUT2D eigenvalue weighted by Crippen LogP contribution is -2.58. The lowest BCUT2D eigenvalue weighted by Gasteiger charge is -2.62. The molecular weight excluding hydrogens is 554 g/mol. The average Bonchev–Trinajstić information content (AvgIpc) is 3.35. The van der Waals surface area contributed by atoms with Crippen molar-refractivity contribution in [2.75, 3.05) is 32.7 Å². The molecule has 11 atom stereocenters. The number of nitrogens with one attached hydrogen (secondary N) is 2. The number of fused-ring (bicyclic) bond motifs is 5. The second-order valence-corrected chi connectivity index (χ2v) is 17.0. The van der Waals surface area contributed by atoms with Crippen molar-refractivity contribution in [3.63, 3.8) is 0 Å². The van der Waals surface area contributed by atoms with Crippen molar-refractivity contribution >= 4 is 0 Å². The van der Waals surface area contributed by atoms with Crippen LogP contribution < -0.4 is 16.4 Å². The van der Waals surface area contributed by atoms with E-state index in [1.807, 2.05) is 0 Å². The van der Waals surface area contributed by atoms with Crippen molar-refractivity contribution in [2.45, 2.75) is 164 Å². The van der Waals surface area contributed by atoms with E-state index in [4.69, 9.17) is 5.73 Å². The summed E-state index contributed by atoms with van der Waals surface area (Å²) in [4.78, 5) is 0. The molecule has 0 heterocycles. The smallest absolute Gasteiger partial charge is 0.0577 e. The Bertz CT molecular complexity index is 782. The van der Waals surface area contributed by atoms with Gasteiger partial charge in [0, 0.05) is 0 Å². The predicted octanol–water partition coefficient (Wildman–Crippen LogP) is 8.42. The highest BCUT2D eigenvalue weighted by Gasteiger charge is 2.62. The molecule has 0 radical (unpaired) electrons.